The smallest absolute Gasteiger partial charge is 0.107 e. The molecule has 2 heteroatoms. The van der Waals surface area contributed by atoms with Crippen molar-refractivity contribution in [1.29, 1.82) is 0 Å². The van der Waals surface area contributed by atoms with Gasteiger partial charge in [-0.2, -0.15) is 0 Å². The van der Waals surface area contributed by atoms with Crippen LogP contribution >= 0.6 is 15.9 Å². The van der Waals surface area contributed by atoms with Crippen LogP contribution in [0.15, 0.2) is 0 Å². The van der Waals surface area contributed by atoms with Crippen LogP contribution in [-0.4, -0.2) is 11.0 Å². The summed E-state index contributed by atoms with van der Waals surface area (Å²) in [6, 6.07) is 0. The number of halogens is 2. The second-order valence-corrected chi connectivity index (χ2v) is 5.94. The molecule has 0 saturated heterocycles. The van der Waals surface area contributed by atoms with E-state index in [1.54, 1.807) is 0 Å². The SMILES string of the molecule is F[C@@H]1C2CC3CC(C2)[C@@H](Br)C1C3. The van der Waals surface area contributed by atoms with Crippen molar-refractivity contribution >= 4 is 15.9 Å². The molecule has 0 nitrogen and oxygen atoms in total. The zero-order chi connectivity index (χ0) is 8.29. The summed E-state index contributed by atoms with van der Waals surface area (Å²) in [5, 5.41) is 0. The summed E-state index contributed by atoms with van der Waals surface area (Å²) in [6.45, 7) is 0. The quantitative estimate of drug-likeness (QED) is 0.564. The van der Waals surface area contributed by atoms with Gasteiger partial charge in [0.25, 0.3) is 0 Å². The van der Waals surface area contributed by atoms with E-state index in [1.165, 1.54) is 12.8 Å². The van der Waals surface area contributed by atoms with Crippen molar-refractivity contribution in [2.24, 2.45) is 23.7 Å². The summed E-state index contributed by atoms with van der Waals surface area (Å²) in [6.07, 6.45) is 4.39. The first-order valence-corrected chi connectivity index (χ1v) is 5.95. The van der Waals surface area contributed by atoms with Crippen molar-refractivity contribution in [3.05, 3.63) is 0 Å². The van der Waals surface area contributed by atoms with Crippen LogP contribution in [0.5, 0.6) is 0 Å². The Hall–Kier alpha value is 0.410. The van der Waals surface area contributed by atoms with Crippen LogP contribution in [0.25, 0.3) is 0 Å². The molecule has 0 radical (unpaired) electrons. The number of hydrogen-bond acceptors (Lipinski definition) is 0. The van der Waals surface area contributed by atoms with Crippen LogP contribution in [0.2, 0.25) is 0 Å². The molecule has 4 bridgehead atoms. The van der Waals surface area contributed by atoms with Gasteiger partial charge < -0.3 is 0 Å². The molecule has 0 aliphatic heterocycles. The average Bonchev–Trinajstić information content (AvgIpc) is 2.07. The minimum absolute atomic E-state index is 0.362. The van der Waals surface area contributed by atoms with E-state index in [2.05, 4.69) is 15.9 Å². The van der Waals surface area contributed by atoms with E-state index >= 15 is 0 Å². The number of hydrogen-bond donors (Lipinski definition) is 0. The van der Waals surface area contributed by atoms with Crippen LogP contribution in [0, 0.1) is 23.7 Å². The van der Waals surface area contributed by atoms with E-state index in [0.29, 0.717) is 16.7 Å². The average molecular weight is 233 g/mol. The summed E-state index contributed by atoms with van der Waals surface area (Å²) in [4.78, 5) is 0.500. The lowest BCUT2D eigenvalue weighted by atomic mass is 9.55. The zero-order valence-corrected chi connectivity index (χ0v) is 8.63. The van der Waals surface area contributed by atoms with E-state index in [-0.39, 0.29) is 0 Å². The highest BCUT2D eigenvalue weighted by Crippen LogP contribution is 2.56. The number of alkyl halides is 2. The van der Waals surface area contributed by atoms with E-state index in [9.17, 15) is 4.39 Å². The lowest BCUT2D eigenvalue weighted by Crippen LogP contribution is -2.52. The van der Waals surface area contributed by atoms with Crippen molar-refractivity contribution in [1.82, 2.24) is 0 Å². The standard InChI is InChI=1S/C10H14BrF/c11-9-6-1-5-2-7(4-6)10(12)8(9)3-5/h5-10H,1-4H2/t5?,6?,7?,8?,9-,10-/m1/s1. The minimum atomic E-state index is -0.484. The predicted molar refractivity (Wildman–Crippen MR) is 50.0 cm³/mol. The highest BCUT2D eigenvalue weighted by molar-refractivity contribution is 9.09. The van der Waals surface area contributed by atoms with Crippen LogP contribution in [-0.2, 0) is 0 Å². The first-order chi connectivity index (χ1) is 5.75. The molecule has 0 aromatic rings. The van der Waals surface area contributed by atoms with Gasteiger partial charge in [-0.05, 0) is 43.4 Å². The fourth-order valence-corrected chi connectivity index (χ4v) is 4.71. The van der Waals surface area contributed by atoms with Gasteiger partial charge in [0.2, 0.25) is 0 Å². The Morgan fingerprint density at radius 3 is 2.58 bits per heavy atom. The molecule has 4 saturated carbocycles. The summed E-state index contributed by atoms with van der Waals surface area (Å²) >= 11 is 3.68. The van der Waals surface area contributed by atoms with Gasteiger partial charge in [0.1, 0.15) is 6.17 Å². The maximum absolute atomic E-state index is 13.7. The van der Waals surface area contributed by atoms with Gasteiger partial charge in [-0.15, -0.1) is 0 Å². The molecule has 4 unspecified atom stereocenters. The lowest BCUT2D eigenvalue weighted by Gasteiger charge is -2.54. The first-order valence-electron chi connectivity index (χ1n) is 5.04. The monoisotopic (exact) mass is 232 g/mol. The second kappa shape index (κ2) is 2.46. The summed E-state index contributed by atoms with van der Waals surface area (Å²) in [5.74, 6) is 2.47. The summed E-state index contributed by atoms with van der Waals surface area (Å²) < 4.78 is 13.7. The molecule has 12 heavy (non-hydrogen) atoms. The van der Waals surface area contributed by atoms with E-state index < -0.39 is 6.17 Å². The second-order valence-electron chi connectivity index (χ2n) is 4.88. The largest absolute Gasteiger partial charge is 0.247 e. The topological polar surface area (TPSA) is 0 Å². The molecule has 0 aromatic carbocycles. The Labute approximate surface area is 81.0 Å². The summed E-state index contributed by atoms with van der Waals surface area (Å²) in [7, 11) is 0. The molecule has 68 valence electrons. The van der Waals surface area contributed by atoms with Gasteiger partial charge in [-0.1, -0.05) is 15.9 Å². The number of rotatable bonds is 0. The normalized spacial score (nSPS) is 62.5. The Morgan fingerprint density at radius 2 is 1.75 bits per heavy atom. The Bertz CT molecular complexity index is 188. The third-order valence-corrected chi connectivity index (χ3v) is 5.63. The van der Waals surface area contributed by atoms with Crippen LogP contribution < -0.4 is 0 Å². The fraction of sp³-hybridized carbons (Fsp3) is 1.00. The van der Waals surface area contributed by atoms with Gasteiger partial charge in [-0.3, -0.25) is 0 Å². The van der Waals surface area contributed by atoms with Crippen molar-refractivity contribution in [2.45, 2.75) is 36.7 Å². The van der Waals surface area contributed by atoms with E-state index in [1.807, 2.05) is 0 Å². The lowest BCUT2D eigenvalue weighted by molar-refractivity contribution is -0.0446. The molecule has 0 aromatic heterocycles. The molecule has 0 heterocycles. The van der Waals surface area contributed by atoms with Crippen LogP contribution in [0.3, 0.4) is 0 Å². The molecule has 0 amide bonds. The maximum Gasteiger partial charge on any atom is 0.107 e. The molecule has 4 aliphatic carbocycles. The Morgan fingerprint density at radius 1 is 1.00 bits per heavy atom. The molecule has 4 rings (SSSR count). The molecular formula is C10H14BrF. The van der Waals surface area contributed by atoms with Crippen molar-refractivity contribution in [2.75, 3.05) is 0 Å². The fourth-order valence-electron chi connectivity index (χ4n) is 3.77. The molecule has 4 fully saturated rings. The van der Waals surface area contributed by atoms with Gasteiger partial charge in [0.15, 0.2) is 0 Å². The van der Waals surface area contributed by atoms with Gasteiger partial charge in [0, 0.05) is 10.7 Å². The van der Waals surface area contributed by atoms with Crippen molar-refractivity contribution < 1.29 is 4.39 Å². The van der Waals surface area contributed by atoms with Crippen molar-refractivity contribution in [3.63, 3.8) is 0 Å². The first kappa shape index (κ1) is 7.78. The Kier molecular flexibility index (Phi) is 1.60. The highest BCUT2D eigenvalue weighted by atomic mass is 79.9. The molecule has 6 atom stereocenters. The van der Waals surface area contributed by atoms with E-state index in [4.69, 9.17) is 0 Å². The molecule has 0 spiro atoms. The minimum Gasteiger partial charge on any atom is -0.247 e. The maximum atomic E-state index is 13.7. The third kappa shape index (κ3) is 0.878. The van der Waals surface area contributed by atoms with E-state index in [0.717, 1.165) is 24.7 Å². The zero-order valence-electron chi connectivity index (χ0n) is 7.05. The van der Waals surface area contributed by atoms with Crippen LogP contribution in [0.1, 0.15) is 25.7 Å². The van der Waals surface area contributed by atoms with Crippen LogP contribution in [0.4, 0.5) is 4.39 Å². The van der Waals surface area contributed by atoms with Gasteiger partial charge in [-0.25, -0.2) is 4.39 Å². The molecular weight excluding hydrogens is 219 g/mol. The van der Waals surface area contributed by atoms with Gasteiger partial charge >= 0.3 is 0 Å². The third-order valence-electron chi connectivity index (χ3n) is 4.20. The van der Waals surface area contributed by atoms with Crippen molar-refractivity contribution in [3.8, 4) is 0 Å². The predicted octanol–water partition coefficient (Wildman–Crippen LogP) is 3.15. The summed E-state index contributed by atoms with van der Waals surface area (Å²) in [5.41, 5.74) is 0. The van der Waals surface area contributed by atoms with Gasteiger partial charge in [0.05, 0.1) is 0 Å². The highest BCUT2D eigenvalue weighted by Gasteiger charge is 2.52. The molecule has 0 N–H and O–H groups in total. The molecule has 4 aliphatic rings. The Balaban J connectivity index is 1.93.